The van der Waals surface area contributed by atoms with Crippen molar-refractivity contribution < 1.29 is 4.57 Å². The van der Waals surface area contributed by atoms with Gasteiger partial charge < -0.3 is 0 Å². The fourth-order valence-electron chi connectivity index (χ4n) is 1.62. The van der Waals surface area contributed by atoms with Crippen LogP contribution in [0.3, 0.4) is 0 Å². The first kappa shape index (κ1) is 11.8. The molecule has 0 aliphatic carbocycles. The molecule has 1 nitrogen and oxygen atoms in total. The summed E-state index contributed by atoms with van der Waals surface area (Å²) in [7, 11) is 0.123. The zero-order valence-corrected chi connectivity index (χ0v) is 10.3. The summed E-state index contributed by atoms with van der Waals surface area (Å²) in [6, 6.07) is 19.9. The first-order valence-electron chi connectivity index (χ1n) is 5.51. The van der Waals surface area contributed by atoms with Gasteiger partial charge in [0.15, 0.2) is 8.46 Å². The molecule has 0 heterocycles. The van der Waals surface area contributed by atoms with Crippen LogP contribution in [0.1, 0.15) is 16.8 Å². The van der Waals surface area contributed by atoms with Crippen molar-refractivity contribution in [3.8, 4) is 0 Å². The van der Waals surface area contributed by atoms with E-state index in [1.807, 2.05) is 72.8 Å². The van der Waals surface area contributed by atoms with E-state index in [1.165, 1.54) is 0 Å². The van der Waals surface area contributed by atoms with Crippen molar-refractivity contribution in [1.82, 2.24) is 0 Å². The predicted octanol–water partition coefficient (Wildman–Crippen LogP) is 4.73. The molecule has 1 atom stereocenters. The Bertz CT molecular complexity index is 491. The Morgan fingerprint density at radius 1 is 0.882 bits per heavy atom. The summed E-state index contributed by atoms with van der Waals surface area (Å²) in [5.74, 6) is 0. The maximum absolute atomic E-state index is 11.2. The van der Waals surface area contributed by atoms with E-state index >= 15 is 0 Å². The van der Waals surface area contributed by atoms with E-state index in [0.29, 0.717) is 0 Å². The molecule has 0 saturated carbocycles. The zero-order valence-electron chi connectivity index (χ0n) is 9.36. The highest BCUT2D eigenvalue weighted by Crippen LogP contribution is 2.28. The highest BCUT2D eigenvalue weighted by atomic mass is 31.1. The van der Waals surface area contributed by atoms with Crippen LogP contribution < -0.4 is 0 Å². The summed E-state index contributed by atoms with van der Waals surface area (Å²) in [5.41, 5.74) is 2.12. The van der Waals surface area contributed by atoms with Crippen molar-refractivity contribution in [2.24, 2.45) is 0 Å². The fourth-order valence-corrected chi connectivity index (χ4v) is 2.07. The molecule has 1 unspecified atom stereocenters. The van der Waals surface area contributed by atoms with Gasteiger partial charge in [-0.15, -0.1) is 0 Å². The SMILES string of the molecule is O=PC(/C=C/c1ccccc1)c1ccccc1. The zero-order chi connectivity index (χ0) is 11.9. The Kier molecular flexibility index (Phi) is 4.23. The molecule has 0 spiro atoms. The number of hydrogen-bond donors (Lipinski definition) is 0. The van der Waals surface area contributed by atoms with Gasteiger partial charge in [0.2, 0.25) is 0 Å². The van der Waals surface area contributed by atoms with Crippen LogP contribution >= 0.6 is 8.46 Å². The van der Waals surface area contributed by atoms with Gasteiger partial charge in [0.1, 0.15) is 0 Å². The summed E-state index contributed by atoms with van der Waals surface area (Å²) in [4.78, 5) is 0. The highest BCUT2D eigenvalue weighted by molar-refractivity contribution is 7.24. The average molecular weight is 240 g/mol. The van der Waals surface area contributed by atoms with Crippen LogP contribution in [0.5, 0.6) is 0 Å². The molecule has 2 heteroatoms. The molecular weight excluding hydrogens is 227 g/mol. The quantitative estimate of drug-likeness (QED) is 0.706. The third-order valence-electron chi connectivity index (χ3n) is 2.53. The minimum absolute atomic E-state index is 0.0728. The number of hydrogen-bond acceptors (Lipinski definition) is 1. The molecule has 0 amide bonds. The van der Waals surface area contributed by atoms with Gasteiger partial charge in [0.25, 0.3) is 0 Å². The molecule has 2 aromatic rings. The topological polar surface area (TPSA) is 17.1 Å². The average Bonchev–Trinajstić information content (AvgIpc) is 2.42. The molecule has 0 saturated heterocycles. The van der Waals surface area contributed by atoms with E-state index in [-0.39, 0.29) is 14.1 Å². The Balaban J connectivity index is 2.16. The normalized spacial score (nSPS) is 12.9. The van der Waals surface area contributed by atoms with Crippen LogP contribution in [0.4, 0.5) is 0 Å². The molecular formula is C15H13OP. The third-order valence-corrected chi connectivity index (χ3v) is 3.22. The van der Waals surface area contributed by atoms with Crippen LogP contribution in [0.15, 0.2) is 66.7 Å². The van der Waals surface area contributed by atoms with Gasteiger partial charge in [0.05, 0.1) is 5.66 Å². The standard InChI is InChI=1S/C15H13OP/c16-17-15(14-9-5-2-6-10-14)12-11-13-7-3-1-4-8-13/h1-12,15H/b12-11+. The summed E-state index contributed by atoms with van der Waals surface area (Å²) < 4.78 is 11.2. The lowest BCUT2D eigenvalue weighted by molar-refractivity contribution is 0.596. The molecule has 84 valence electrons. The Morgan fingerprint density at radius 2 is 1.47 bits per heavy atom. The van der Waals surface area contributed by atoms with Crippen LogP contribution in [-0.2, 0) is 4.57 Å². The van der Waals surface area contributed by atoms with E-state index in [9.17, 15) is 4.57 Å². The molecule has 2 aromatic carbocycles. The number of benzene rings is 2. The molecule has 17 heavy (non-hydrogen) atoms. The molecule has 0 N–H and O–H groups in total. The molecule has 0 aromatic heterocycles. The van der Waals surface area contributed by atoms with Crippen molar-refractivity contribution in [3.63, 3.8) is 0 Å². The van der Waals surface area contributed by atoms with E-state index in [2.05, 4.69) is 0 Å². The minimum atomic E-state index is -0.0728. The predicted molar refractivity (Wildman–Crippen MR) is 72.3 cm³/mol. The van der Waals surface area contributed by atoms with Gasteiger partial charge in [0, 0.05) is 0 Å². The second-order valence-corrected chi connectivity index (χ2v) is 4.50. The molecule has 2 rings (SSSR count). The second-order valence-electron chi connectivity index (χ2n) is 3.73. The van der Waals surface area contributed by atoms with Gasteiger partial charge in [-0.1, -0.05) is 72.8 Å². The largest absolute Gasteiger partial charge is 0.274 e. The smallest absolute Gasteiger partial charge is 0.167 e. The van der Waals surface area contributed by atoms with Crippen molar-refractivity contribution in [2.45, 2.75) is 5.66 Å². The van der Waals surface area contributed by atoms with Crippen LogP contribution in [0.2, 0.25) is 0 Å². The van der Waals surface area contributed by atoms with Crippen LogP contribution in [-0.4, -0.2) is 0 Å². The minimum Gasteiger partial charge on any atom is -0.274 e. The highest BCUT2D eigenvalue weighted by Gasteiger charge is 2.05. The Hall–Kier alpha value is -1.72. The lowest BCUT2D eigenvalue weighted by Gasteiger charge is -2.03. The number of allylic oxidation sites excluding steroid dienone is 1. The van der Waals surface area contributed by atoms with E-state index < -0.39 is 0 Å². The summed E-state index contributed by atoms with van der Waals surface area (Å²) in [6.45, 7) is 0. The molecule has 0 aliphatic heterocycles. The fraction of sp³-hybridized carbons (Fsp3) is 0.0667. The second kappa shape index (κ2) is 6.12. The van der Waals surface area contributed by atoms with E-state index in [0.717, 1.165) is 11.1 Å². The van der Waals surface area contributed by atoms with Crippen molar-refractivity contribution >= 4 is 14.5 Å². The lowest BCUT2D eigenvalue weighted by Crippen LogP contribution is -1.84. The van der Waals surface area contributed by atoms with E-state index in [1.54, 1.807) is 0 Å². The van der Waals surface area contributed by atoms with Gasteiger partial charge >= 0.3 is 0 Å². The number of rotatable bonds is 4. The van der Waals surface area contributed by atoms with Crippen molar-refractivity contribution in [3.05, 3.63) is 77.9 Å². The van der Waals surface area contributed by atoms with Gasteiger partial charge in [-0.2, -0.15) is 0 Å². The lowest BCUT2D eigenvalue weighted by atomic mass is 10.1. The summed E-state index contributed by atoms with van der Waals surface area (Å²) in [6.07, 6.45) is 3.97. The van der Waals surface area contributed by atoms with Gasteiger partial charge in [-0.05, 0) is 11.1 Å². The van der Waals surface area contributed by atoms with E-state index in [4.69, 9.17) is 0 Å². The Labute approximate surface area is 103 Å². The van der Waals surface area contributed by atoms with Crippen molar-refractivity contribution in [1.29, 1.82) is 0 Å². The van der Waals surface area contributed by atoms with Crippen molar-refractivity contribution in [2.75, 3.05) is 0 Å². The molecule has 0 fully saturated rings. The summed E-state index contributed by atoms with van der Waals surface area (Å²) in [5, 5.41) is 0. The monoisotopic (exact) mass is 240 g/mol. The molecule has 0 bridgehead atoms. The van der Waals surface area contributed by atoms with Gasteiger partial charge in [-0.3, -0.25) is 4.57 Å². The Morgan fingerprint density at radius 3 is 2.06 bits per heavy atom. The summed E-state index contributed by atoms with van der Waals surface area (Å²) >= 11 is 0. The van der Waals surface area contributed by atoms with Crippen LogP contribution in [0.25, 0.3) is 6.08 Å². The maximum atomic E-state index is 11.2. The third kappa shape index (κ3) is 3.37. The maximum Gasteiger partial charge on any atom is 0.167 e. The first-order chi connectivity index (χ1) is 8.40. The van der Waals surface area contributed by atoms with Gasteiger partial charge in [-0.25, -0.2) is 0 Å². The molecule has 0 radical (unpaired) electrons. The van der Waals surface area contributed by atoms with Crippen LogP contribution in [0, 0.1) is 0 Å². The molecule has 0 aliphatic rings. The first-order valence-corrected chi connectivity index (χ1v) is 6.39.